The van der Waals surface area contributed by atoms with E-state index in [1.807, 2.05) is 30.3 Å². The van der Waals surface area contributed by atoms with E-state index in [-0.39, 0.29) is 11.7 Å². The van der Waals surface area contributed by atoms with Crippen LogP contribution in [0.15, 0.2) is 48.5 Å². The quantitative estimate of drug-likeness (QED) is 0.929. The Balaban J connectivity index is 1.54. The van der Waals surface area contributed by atoms with Crippen LogP contribution in [0.5, 0.6) is 0 Å². The lowest BCUT2D eigenvalue weighted by molar-refractivity contribution is 0.0527. The third-order valence-electron chi connectivity index (χ3n) is 4.68. The first kappa shape index (κ1) is 17.6. The van der Waals surface area contributed by atoms with E-state index in [1.165, 1.54) is 12.1 Å². The Morgan fingerprint density at radius 3 is 2.44 bits per heavy atom. The highest BCUT2D eigenvalue weighted by atomic mass is 19.1. The van der Waals surface area contributed by atoms with Crippen LogP contribution in [0.4, 0.5) is 4.39 Å². The third kappa shape index (κ3) is 4.24. The molecule has 1 aliphatic heterocycles. The number of carbonyl (C=O) groups excluding carboxylic acids is 1. The molecule has 3 rings (SSSR count). The van der Waals surface area contributed by atoms with Crippen LogP contribution in [-0.2, 0) is 0 Å². The minimum Gasteiger partial charge on any atom is -0.387 e. The van der Waals surface area contributed by atoms with Crippen LogP contribution in [0.2, 0.25) is 0 Å². The predicted octanol–water partition coefficient (Wildman–Crippen LogP) is 2.63. The molecule has 1 saturated heterocycles. The topological polar surface area (TPSA) is 43.8 Å². The molecule has 4 nitrogen and oxygen atoms in total. The fourth-order valence-electron chi connectivity index (χ4n) is 3.12. The summed E-state index contributed by atoms with van der Waals surface area (Å²) >= 11 is 0. The van der Waals surface area contributed by atoms with Crippen LogP contribution in [0, 0.1) is 12.7 Å². The molecule has 2 aromatic rings. The number of aryl methyl sites for hydroxylation is 1. The van der Waals surface area contributed by atoms with Crippen molar-refractivity contribution in [1.29, 1.82) is 0 Å². The maximum absolute atomic E-state index is 13.4. The summed E-state index contributed by atoms with van der Waals surface area (Å²) in [4.78, 5) is 16.5. The van der Waals surface area contributed by atoms with Gasteiger partial charge in [0.25, 0.3) is 5.91 Å². The largest absolute Gasteiger partial charge is 0.387 e. The number of rotatable bonds is 4. The fourth-order valence-corrected chi connectivity index (χ4v) is 3.12. The van der Waals surface area contributed by atoms with Crippen LogP contribution in [0.3, 0.4) is 0 Å². The van der Waals surface area contributed by atoms with Crippen molar-refractivity contribution >= 4 is 5.91 Å². The molecule has 0 radical (unpaired) electrons. The molecule has 1 N–H and O–H groups in total. The number of halogens is 1. The summed E-state index contributed by atoms with van der Waals surface area (Å²) in [6, 6.07) is 14.1. The highest BCUT2D eigenvalue weighted by molar-refractivity contribution is 5.94. The zero-order chi connectivity index (χ0) is 17.8. The molecular formula is C20H23FN2O2. The lowest BCUT2D eigenvalue weighted by Crippen LogP contribution is -2.49. The van der Waals surface area contributed by atoms with Gasteiger partial charge in [0, 0.05) is 38.3 Å². The van der Waals surface area contributed by atoms with Gasteiger partial charge >= 0.3 is 0 Å². The number of benzene rings is 2. The highest BCUT2D eigenvalue weighted by Crippen LogP contribution is 2.17. The van der Waals surface area contributed by atoms with E-state index >= 15 is 0 Å². The average Bonchev–Trinajstić information content (AvgIpc) is 2.65. The van der Waals surface area contributed by atoms with Gasteiger partial charge in [0.05, 0.1) is 6.10 Å². The van der Waals surface area contributed by atoms with Gasteiger partial charge in [-0.25, -0.2) is 4.39 Å². The summed E-state index contributed by atoms with van der Waals surface area (Å²) < 4.78 is 13.4. The second kappa shape index (κ2) is 7.76. The van der Waals surface area contributed by atoms with Crippen molar-refractivity contribution < 1.29 is 14.3 Å². The summed E-state index contributed by atoms with van der Waals surface area (Å²) in [7, 11) is 0. The van der Waals surface area contributed by atoms with Crippen molar-refractivity contribution in [2.75, 3.05) is 32.7 Å². The minimum absolute atomic E-state index is 0.0636. The molecule has 5 heteroatoms. The first-order chi connectivity index (χ1) is 12.0. The van der Waals surface area contributed by atoms with E-state index in [1.54, 1.807) is 17.9 Å². The third-order valence-corrected chi connectivity index (χ3v) is 4.68. The van der Waals surface area contributed by atoms with Crippen LogP contribution < -0.4 is 0 Å². The van der Waals surface area contributed by atoms with E-state index in [0.717, 1.165) is 18.7 Å². The molecule has 0 unspecified atom stereocenters. The van der Waals surface area contributed by atoms with Gasteiger partial charge in [-0.2, -0.15) is 0 Å². The van der Waals surface area contributed by atoms with E-state index in [2.05, 4.69) is 4.90 Å². The Hall–Kier alpha value is -2.24. The van der Waals surface area contributed by atoms with E-state index in [4.69, 9.17) is 0 Å². The minimum atomic E-state index is -0.525. The van der Waals surface area contributed by atoms with Gasteiger partial charge < -0.3 is 10.0 Å². The molecule has 25 heavy (non-hydrogen) atoms. The van der Waals surface area contributed by atoms with Crippen molar-refractivity contribution in [3.63, 3.8) is 0 Å². The van der Waals surface area contributed by atoms with Crippen LogP contribution >= 0.6 is 0 Å². The van der Waals surface area contributed by atoms with Crippen LogP contribution in [0.1, 0.15) is 27.6 Å². The number of aliphatic hydroxyl groups is 1. The summed E-state index contributed by atoms with van der Waals surface area (Å²) in [5, 5.41) is 10.3. The number of aliphatic hydroxyl groups excluding tert-OH is 1. The Kier molecular flexibility index (Phi) is 5.46. The molecule has 1 atom stereocenters. The Labute approximate surface area is 147 Å². The number of amides is 1. The lowest BCUT2D eigenvalue weighted by Gasteiger charge is -2.35. The second-order valence-corrected chi connectivity index (χ2v) is 6.48. The second-order valence-electron chi connectivity index (χ2n) is 6.48. The highest BCUT2D eigenvalue weighted by Gasteiger charge is 2.24. The molecule has 132 valence electrons. The molecule has 0 spiro atoms. The summed E-state index contributed by atoms with van der Waals surface area (Å²) in [5.41, 5.74) is 1.91. The van der Waals surface area contributed by atoms with Crippen molar-refractivity contribution in [2.45, 2.75) is 13.0 Å². The van der Waals surface area contributed by atoms with Gasteiger partial charge in [0.1, 0.15) is 5.82 Å². The molecule has 1 heterocycles. The van der Waals surface area contributed by atoms with Crippen molar-refractivity contribution in [1.82, 2.24) is 9.80 Å². The van der Waals surface area contributed by atoms with Crippen LogP contribution in [-0.4, -0.2) is 53.5 Å². The van der Waals surface area contributed by atoms with Gasteiger partial charge in [0.2, 0.25) is 0 Å². The zero-order valence-corrected chi connectivity index (χ0v) is 14.4. The standard InChI is InChI=1S/C20H23FN2O2/c1-15-13-17(7-8-18(15)21)20(25)23-11-9-22(10-12-23)14-19(24)16-5-3-2-4-6-16/h2-8,13,19,24H,9-12,14H2,1H3/t19-/m0/s1. The molecule has 0 aromatic heterocycles. The number of piperazine rings is 1. The molecule has 0 aliphatic carbocycles. The van der Waals surface area contributed by atoms with E-state index < -0.39 is 6.10 Å². The molecule has 2 aromatic carbocycles. The van der Waals surface area contributed by atoms with Gasteiger partial charge in [0.15, 0.2) is 0 Å². The molecule has 1 amide bonds. The summed E-state index contributed by atoms with van der Waals surface area (Å²) in [6.45, 7) is 4.87. The number of carbonyl (C=O) groups is 1. The fraction of sp³-hybridized carbons (Fsp3) is 0.350. The summed E-state index contributed by atoms with van der Waals surface area (Å²) in [6.07, 6.45) is -0.525. The van der Waals surface area contributed by atoms with Gasteiger partial charge in [-0.3, -0.25) is 9.69 Å². The maximum Gasteiger partial charge on any atom is 0.253 e. The number of β-amino-alcohol motifs (C(OH)–C–C–N with tert-alkyl or cyclic N) is 1. The van der Waals surface area contributed by atoms with Crippen molar-refractivity contribution in [3.8, 4) is 0 Å². The Morgan fingerprint density at radius 2 is 1.80 bits per heavy atom. The average molecular weight is 342 g/mol. The lowest BCUT2D eigenvalue weighted by atomic mass is 10.1. The maximum atomic E-state index is 13.4. The normalized spacial score (nSPS) is 16.7. The smallest absolute Gasteiger partial charge is 0.253 e. The van der Waals surface area contributed by atoms with Crippen LogP contribution in [0.25, 0.3) is 0 Å². The SMILES string of the molecule is Cc1cc(C(=O)N2CCN(C[C@H](O)c3ccccc3)CC2)ccc1F. The van der Waals surface area contributed by atoms with Crippen molar-refractivity contribution in [2.24, 2.45) is 0 Å². The number of hydrogen-bond donors (Lipinski definition) is 1. The molecule has 1 fully saturated rings. The zero-order valence-electron chi connectivity index (χ0n) is 14.4. The molecule has 0 saturated carbocycles. The molecule has 0 bridgehead atoms. The summed E-state index contributed by atoms with van der Waals surface area (Å²) in [5.74, 6) is -0.359. The Morgan fingerprint density at radius 1 is 1.12 bits per heavy atom. The first-order valence-corrected chi connectivity index (χ1v) is 8.55. The van der Waals surface area contributed by atoms with Gasteiger partial charge in [-0.15, -0.1) is 0 Å². The predicted molar refractivity (Wildman–Crippen MR) is 94.9 cm³/mol. The number of hydrogen-bond acceptors (Lipinski definition) is 3. The monoisotopic (exact) mass is 342 g/mol. The van der Waals surface area contributed by atoms with Gasteiger partial charge in [-0.05, 0) is 36.2 Å². The van der Waals surface area contributed by atoms with E-state index in [0.29, 0.717) is 30.8 Å². The Bertz CT molecular complexity index is 728. The van der Waals surface area contributed by atoms with E-state index in [9.17, 15) is 14.3 Å². The molecule has 1 aliphatic rings. The van der Waals surface area contributed by atoms with Crippen molar-refractivity contribution in [3.05, 3.63) is 71.0 Å². The number of nitrogens with zero attached hydrogens (tertiary/aromatic N) is 2. The first-order valence-electron chi connectivity index (χ1n) is 8.55. The molecular weight excluding hydrogens is 319 g/mol. The van der Waals surface area contributed by atoms with Gasteiger partial charge in [-0.1, -0.05) is 30.3 Å².